The van der Waals surface area contributed by atoms with Crippen LogP contribution in [-0.4, -0.2) is 130 Å². The molecule has 0 aromatic heterocycles. The molecule has 4 fully saturated rings. The quantitative estimate of drug-likeness (QED) is 0.296. The Morgan fingerprint density at radius 3 is 2.38 bits per heavy atom. The molecule has 4 aliphatic heterocycles. The molecule has 1 spiro atoms. The summed E-state index contributed by atoms with van der Waals surface area (Å²) in [6.45, 7) is 17.3. The summed E-state index contributed by atoms with van der Waals surface area (Å²) in [5.41, 5.74) is 0.983. The molecule has 9 nitrogen and oxygen atoms in total. The van der Waals surface area contributed by atoms with E-state index >= 15 is 0 Å². The van der Waals surface area contributed by atoms with Crippen LogP contribution in [0, 0.1) is 11.8 Å². The highest BCUT2D eigenvalue weighted by Crippen LogP contribution is 2.72. The van der Waals surface area contributed by atoms with Crippen LogP contribution in [0.2, 0.25) is 0 Å². The SMILES string of the molecule is C=CCN(CCN1CCOCC1)C(=O)C1N([C@@H](CO)Cc2ccccc2)C(=O)[C@@H]2[C@@H](C(=O)N(CC=C)CCC)[C@@]3(C)CCC12S3. The van der Waals surface area contributed by atoms with E-state index in [0.717, 1.165) is 31.5 Å². The van der Waals surface area contributed by atoms with Crippen molar-refractivity contribution < 1.29 is 24.2 Å². The van der Waals surface area contributed by atoms with E-state index in [4.69, 9.17) is 4.74 Å². The van der Waals surface area contributed by atoms with Crippen molar-refractivity contribution in [3.63, 3.8) is 0 Å². The van der Waals surface area contributed by atoms with Crippen molar-refractivity contribution in [1.82, 2.24) is 19.6 Å². The zero-order chi connectivity index (χ0) is 32.2. The maximum Gasteiger partial charge on any atom is 0.247 e. The van der Waals surface area contributed by atoms with Crippen LogP contribution in [0.25, 0.3) is 0 Å². The monoisotopic (exact) mass is 638 g/mol. The van der Waals surface area contributed by atoms with Gasteiger partial charge in [0.1, 0.15) is 6.04 Å². The smallest absolute Gasteiger partial charge is 0.247 e. The lowest BCUT2D eigenvalue weighted by molar-refractivity contribution is -0.147. The number of rotatable bonds is 15. The summed E-state index contributed by atoms with van der Waals surface area (Å²) in [4.78, 5) is 51.8. The van der Waals surface area contributed by atoms with Crippen LogP contribution >= 0.6 is 11.8 Å². The van der Waals surface area contributed by atoms with Crippen LogP contribution in [0.3, 0.4) is 0 Å². The minimum absolute atomic E-state index is 0.0291. The Bertz CT molecular complexity index is 1240. The van der Waals surface area contributed by atoms with E-state index in [1.807, 2.05) is 47.1 Å². The molecule has 6 atom stereocenters. The number of aliphatic hydroxyl groups excluding tert-OH is 1. The number of nitrogens with zero attached hydrogens (tertiary/aromatic N) is 4. The zero-order valence-electron chi connectivity index (χ0n) is 26.9. The van der Waals surface area contributed by atoms with Crippen molar-refractivity contribution in [3.05, 3.63) is 61.2 Å². The fourth-order valence-corrected chi connectivity index (χ4v) is 10.5. The predicted molar refractivity (Wildman–Crippen MR) is 178 cm³/mol. The molecule has 4 saturated heterocycles. The Morgan fingerprint density at radius 2 is 1.76 bits per heavy atom. The van der Waals surface area contributed by atoms with E-state index in [1.54, 1.807) is 28.8 Å². The first-order valence-electron chi connectivity index (χ1n) is 16.5. The average Bonchev–Trinajstić information content (AvgIpc) is 3.62. The van der Waals surface area contributed by atoms with Crippen LogP contribution < -0.4 is 0 Å². The van der Waals surface area contributed by atoms with Crippen LogP contribution in [-0.2, 0) is 25.5 Å². The second-order valence-electron chi connectivity index (χ2n) is 13.1. The number of amides is 3. The zero-order valence-corrected chi connectivity index (χ0v) is 27.8. The van der Waals surface area contributed by atoms with Crippen molar-refractivity contribution in [1.29, 1.82) is 0 Å². The maximum atomic E-state index is 14.9. The van der Waals surface area contributed by atoms with Gasteiger partial charge in [0.05, 0.1) is 42.4 Å². The number of thioether (sulfide) groups is 1. The summed E-state index contributed by atoms with van der Waals surface area (Å²) in [5.74, 6) is -1.51. The number of aliphatic hydroxyl groups is 1. The van der Waals surface area contributed by atoms with Crippen LogP contribution in [0.5, 0.6) is 0 Å². The molecule has 10 heteroatoms. The summed E-state index contributed by atoms with van der Waals surface area (Å²) >= 11 is 1.68. The van der Waals surface area contributed by atoms with Crippen molar-refractivity contribution >= 4 is 29.5 Å². The lowest BCUT2D eigenvalue weighted by Gasteiger charge is -2.40. The molecule has 1 aromatic rings. The predicted octanol–water partition coefficient (Wildman–Crippen LogP) is 2.84. The molecule has 4 aliphatic rings. The Kier molecular flexibility index (Phi) is 10.8. The normalized spacial score (nSPS) is 29.8. The standard InChI is InChI=1S/C35H50N4O5S/c1-5-15-37(16-6-2)31(41)28-29-32(42)39(27(25-40)24-26-11-9-8-10-12-26)30(35(29)14-13-34(28,4)45-35)33(43)38(17-7-3)19-18-36-20-22-44-23-21-36/h5,7-12,27-30,40H,1,3,6,13-25H2,2,4H3/t27-,28+,29+,30?,34-,35?/m1/s1. The van der Waals surface area contributed by atoms with Gasteiger partial charge in [-0.15, -0.1) is 24.9 Å². The van der Waals surface area contributed by atoms with Crippen LogP contribution in [0.15, 0.2) is 55.6 Å². The van der Waals surface area contributed by atoms with E-state index in [0.29, 0.717) is 58.8 Å². The molecule has 2 unspecified atom stereocenters. The van der Waals surface area contributed by atoms with Gasteiger partial charge in [-0.1, -0.05) is 49.4 Å². The van der Waals surface area contributed by atoms with E-state index in [2.05, 4.69) is 25.0 Å². The number of hydrogen-bond acceptors (Lipinski definition) is 7. The van der Waals surface area contributed by atoms with E-state index in [9.17, 15) is 19.5 Å². The van der Waals surface area contributed by atoms with Crippen molar-refractivity contribution in [2.24, 2.45) is 11.8 Å². The lowest BCUT2D eigenvalue weighted by Crippen LogP contribution is -2.58. The molecular formula is C35H50N4O5S. The molecule has 45 heavy (non-hydrogen) atoms. The molecular weight excluding hydrogens is 588 g/mol. The van der Waals surface area contributed by atoms with Crippen molar-refractivity contribution in [3.8, 4) is 0 Å². The molecule has 0 radical (unpaired) electrons. The number of hydrogen-bond donors (Lipinski definition) is 1. The molecule has 4 heterocycles. The topological polar surface area (TPSA) is 93.6 Å². The highest BCUT2D eigenvalue weighted by Gasteiger charge is 2.78. The third-order valence-corrected chi connectivity index (χ3v) is 12.2. The summed E-state index contributed by atoms with van der Waals surface area (Å²) in [5, 5.41) is 10.8. The first kappa shape index (κ1) is 33.7. The molecule has 0 saturated carbocycles. The Labute approximate surface area is 272 Å². The second kappa shape index (κ2) is 14.4. The number of benzene rings is 1. The molecule has 5 rings (SSSR count). The molecule has 2 bridgehead atoms. The fraction of sp³-hybridized carbons (Fsp3) is 0.629. The first-order chi connectivity index (χ1) is 21.7. The number of likely N-dealkylation sites (tertiary alicyclic amines) is 1. The van der Waals surface area contributed by atoms with Crippen LogP contribution in [0.4, 0.5) is 0 Å². The van der Waals surface area contributed by atoms with E-state index < -0.39 is 33.4 Å². The van der Waals surface area contributed by atoms with Crippen LogP contribution in [0.1, 0.15) is 38.7 Å². The Balaban J connectivity index is 1.54. The Morgan fingerprint density at radius 1 is 1.09 bits per heavy atom. The van der Waals surface area contributed by atoms with Gasteiger partial charge in [-0.25, -0.2) is 0 Å². The summed E-state index contributed by atoms with van der Waals surface area (Å²) in [6.07, 6.45) is 6.13. The summed E-state index contributed by atoms with van der Waals surface area (Å²) in [6, 6.07) is 8.41. The molecule has 1 aromatic carbocycles. The Hall–Kier alpha value is -2.66. The lowest BCUT2D eigenvalue weighted by atomic mass is 9.66. The third-order valence-electron chi connectivity index (χ3n) is 10.2. The average molecular weight is 639 g/mol. The first-order valence-corrected chi connectivity index (χ1v) is 17.3. The minimum Gasteiger partial charge on any atom is -0.394 e. The van der Waals surface area contributed by atoms with Gasteiger partial charge in [-0.3, -0.25) is 19.3 Å². The third kappa shape index (κ3) is 6.35. The van der Waals surface area contributed by atoms with Gasteiger partial charge in [0.2, 0.25) is 17.7 Å². The van der Waals surface area contributed by atoms with Gasteiger partial charge in [0.15, 0.2) is 0 Å². The molecule has 246 valence electrons. The maximum absolute atomic E-state index is 14.9. The number of morpholine rings is 1. The number of fused-ring (bicyclic) bond motifs is 1. The van der Waals surface area contributed by atoms with Crippen molar-refractivity contribution in [2.75, 3.05) is 65.6 Å². The highest BCUT2D eigenvalue weighted by molar-refractivity contribution is 8.02. The van der Waals surface area contributed by atoms with Gasteiger partial charge < -0.3 is 24.5 Å². The van der Waals surface area contributed by atoms with Gasteiger partial charge in [0, 0.05) is 50.6 Å². The van der Waals surface area contributed by atoms with Gasteiger partial charge >= 0.3 is 0 Å². The number of carbonyl (C=O) groups is 3. The summed E-state index contributed by atoms with van der Waals surface area (Å²) in [7, 11) is 0. The highest BCUT2D eigenvalue weighted by atomic mass is 32.2. The number of carbonyl (C=O) groups excluding carboxylic acids is 3. The number of ether oxygens (including phenoxy) is 1. The van der Waals surface area contributed by atoms with Gasteiger partial charge in [0.25, 0.3) is 0 Å². The van der Waals surface area contributed by atoms with Gasteiger partial charge in [-0.2, -0.15) is 0 Å². The van der Waals surface area contributed by atoms with E-state index in [1.165, 1.54) is 0 Å². The second-order valence-corrected chi connectivity index (χ2v) is 15.0. The summed E-state index contributed by atoms with van der Waals surface area (Å²) < 4.78 is 4.31. The molecule has 0 aliphatic carbocycles. The van der Waals surface area contributed by atoms with E-state index in [-0.39, 0.29) is 24.3 Å². The molecule has 3 amide bonds. The minimum atomic E-state index is -0.788. The van der Waals surface area contributed by atoms with Crippen molar-refractivity contribution in [2.45, 2.75) is 61.1 Å². The van der Waals surface area contributed by atoms with Gasteiger partial charge in [-0.05, 0) is 38.2 Å². The molecule has 1 N–H and O–H groups in total. The fourth-order valence-electron chi connectivity index (χ4n) is 8.17. The largest absolute Gasteiger partial charge is 0.394 e.